The van der Waals surface area contributed by atoms with Crippen molar-refractivity contribution in [1.29, 1.82) is 5.26 Å². The monoisotopic (exact) mass is 378 g/mol. The molecule has 0 fully saturated rings. The van der Waals surface area contributed by atoms with E-state index in [4.69, 9.17) is 4.74 Å². The molecule has 0 unspecified atom stereocenters. The molecule has 10 heteroatoms. The first-order chi connectivity index (χ1) is 11.9. The second-order valence-electron chi connectivity index (χ2n) is 4.67. The molecule has 0 aliphatic carbocycles. The molecule has 1 heterocycles. The molecule has 2 aromatic rings. The second kappa shape index (κ2) is 7.87. The molecular formula is C15H14N4O4S2. The van der Waals surface area contributed by atoms with Crippen molar-refractivity contribution >= 4 is 38.3 Å². The quantitative estimate of drug-likeness (QED) is 0.462. The first kappa shape index (κ1) is 18.6. The molecule has 1 amide bonds. The fraction of sp³-hybridized carbons (Fsp3) is 0.200. The molecular weight excluding hydrogens is 364 g/mol. The average Bonchev–Trinajstić information content (AvgIpc) is 3.09. The summed E-state index contributed by atoms with van der Waals surface area (Å²) in [5.41, 5.74) is 0.485. The third kappa shape index (κ3) is 4.62. The zero-order valence-corrected chi connectivity index (χ0v) is 15.0. The summed E-state index contributed by atoms with van der Waals surface area (Å²) in [6.45, 7) is 1.49. The third-order valence-corrected chi connectivity index (χ3v) is 6.08. The Labute approximate surface area is 148 Å². The number of amides is 1. The number of nitrogens with zero attached hydrogens (tertiary/aromatic N) is 3. The summed E-state index contributed by atoms with van der Waals surface area (Å²) >= 11 is 0.737. The molecule has 0 radical (unpaired) electrons. The maximum Gasteiger partial charge on any atom is 0.268 e. The van der Waals surface area contributed by atoms with Gasteiger partial charge in [0, 0.05) is 0 Å². The topological polar surface area (TPSA) is 122 Å². The van der Waals surface area contributed by atoms with E-state index in [0.717, 1.165) is 11.3 Å². The highest BCUT2D eigenvalue weighted by Gasteiger charge is 2.19. The van der Waals surface area contributed by atoms with Crippen LogP contribution in [0.15, 0.2) is 34.2 Å². The van der Waals surface area contributed by atoms with Crippen LogP contribution in [0.4, 0.5) is 5.13 Å². The standard InChI is InChI=1S/C15H14N4O4S2/c1-3-25(21,22)15-19-18-14(24-15)17-13(20)11(9-16)8-10-4-6-12(23-2)7-5-10/h4-8H,3H2,1-2H3,(H,17,18,20)/b11-8-. The molecule has 130 valence electrons. The Bertz CT molecular complexity index is 941. The Balaban J connectivity index is 2.17. The number of methoxy groups -OCH3 is 1. The molecule has 0 spiro atoms. The van der Waals surface area contributed by atoms with Crippen molar-refractivity contribution in [2.24, 2.45) is 0 Å². The molecule has 0 atom stereocenters. The van der Waals surface area contributed by atoms with Gasteiger partial charge in [-0.15, -0.1) is 10.2 Å². The summed E-state index contributed by atoms with van der Waals surface area (Å²) in [7, 11) is -1.96. The van der Waals surface area contributed by atoms with Gasteiger partial charge < -0.3 is 4.74 Å². The number of ether oxygens (including phenoxy) is 1. The summed E-state index contributed by atoms with van der Waals surface area (Å²) < 4.78 is 28.3. The maximum atomic E-state index is 12.2. The van der Waals surface area contributed by atoms with Crippen molar-refractivity contribution in [1.82, 2.24) is 10.2 Å². The fourth-order valence-corrected chi connectivity index (χ4v) is 3.67. The molecule has 0 saturated heterocycles. The van der Waals surface area contributed by atoms with Gasteiger partial charge in [0.05, 0.1) is 12.9 Å². The minimum atomic E-state index is -3.49. The lowest BCUT2D eigenvalue weighted by atomic mass is 10.1. The van der Waals surface area contributed by atoms with Crippen LogP contribution in [0, 0.1) is 11.3 Å². The molecule has 0 bridgehead atoms. The van der Waals surface area contributed by atoms with Gasteiger partial charge in [-0.25, -0.2) is 8.42 Å². The van der Waals surface area contributed by atoms with Crippen LogP contribution in [0.3, 0.4) is 0 Å². The predicted molar refractivity (Wildman–Crippen MR) is 92.8 cm³/mol. The fourth-order valence-electron chi connectivity index (χ4n) is 1.69. The highest BCUT2D eigenvalue weighted by molar-refractivity contribution is 7.93. The van der Waals surface area contributed by atoms with Crippen LogP contribution in [0.25, 0.3) is 6.08 Å². The van der Waals surface area contributed by atoms with Crippen LogP contribution in [-0.2, 0) is 14.6 Å². The van der Waals surface area contributed by atoms with E-state index in [2.05, 4.69) is 15.5 Å². The van der Waals surface area contributed by atoms with E-state index < -0.39 is 15.7 Å². The number of nitriles is 1. The molecule has 8 nitrogen and oxygen atoms in total. The van der Waals surface area contributed by atoms with Crippen molar-refractivity contribution in [3.05, 3.63) is 35.4 Å². The lowest BCUT2D eigenvalue weighted by molar-refractivity contribution is -0.112. The number of aromatic nitrogens is 2. The van der Waals surface area contributed by atoms with Crippen LogP contribution in [0.5, 0.6) is 5.75 Å². The number of hydrogen-bond acceptors (Lipinski definition) is 8. The SMILES string of the molecule is CCS(=O)(=O)c1nnc(NC(=O)/C(C#N)=C\c2ccc(OC)cc2)s1. The Morgan fingerprint density at radius 2 is 2.04 bits per heavy atom. The molecule has 0 saturated carbocycles. The van der Waals surface area contributed by atoms with Crippen LogP contribution >= 0.6 is 11.3 Å². The molecule has 25 heavy (non-hydrogen) atoms. The zero-order valence-electron chi connectivity index (χ0n) is 13.4. The van der Waals surface area contributed by atoms with Crippen molar-refractivity contribution in [3.8, 4) is 11.8 Å². The summed E-state index contributed by atoms with van der Waals surface area (Å²) in [4.78, 5) is 12.2. The van der Waals surface area contributed by atoms with E-state index in [1.807, 2.05) is 0 Å². The minimum absolute atomic E-state index is 0.00732. The van der Waals surface area contributed by atoms with Gasteiger partial charge in [0.25, 0.3) is 5.91 Å². The average molecular weight is 378 g/mol. The first-order valence-corrected chi connectivity index (χ1v) is 9.50. The largest absolute Gasteiger partial charge is 0.497 e. The van der Waals surface area contributed by atoms with Gasteiger partial charge in [0.15, 0.2) is 0 Å². The second-order valence-corrected chi connectivity index (χ2v) is 8.10. The van der Waals surface area contributed by atoms with E-state index in [1.165, 1.54) is 20.1 Å². The lowest BCUT2D eigenvalue weighted by Crippen LogP contribution is -2.13. The van der Waals surface area contributed by atoms with Crippen molar-refractivity contribution in [2.45, 2.75) is 11.3 Å². The zero-order chi connectivity index (χ0) is 18.4. The van der Waals surface area contributed by atoms with E-state index in [0.29, 0.717) is 11.3 Å². The predicted octanol–water partition coefficient (Wildman–Crippen LogP) is 1.89. The van der Waals surface area contributed by atoms with Crippen LogP contribution in [0.2, 0.25) is 0 Å². The number of benzene rings is 1. The van der Waals surface area contributed by atoms with Gasteiger partial charge in [-0.3, -0.25) is 10.1 Å². The number of carbonyl (C=O) groups is 1. The van der Waals surface area contributed by atoms with E-state index >= 15 is 0 Å². The van der Waals surface area contributed by atoms with Crippen LogP contribution in [0.1, 0.15) is 12.5 Å². The number of rotatable bonds is 6. The van der Waals surface area contributed by atoms with E-state index in [-0.39, 0.29) is 20.8 Å². The summed E-state index contributed by atoms with van der Waals surface area (Å²) in [6, 6.07) is 8.59. The Kier molecular flexibility index (Phi) is 5.84. The van der Waals surface area contributed by atoms with Crippen molar-refractivity contribution in [3.63, 3.8) is 0 Å². The maximum absolute atomic E-state index is 12.2. The van der Waals surface area contributed by atoms with Crippen molar-refractivity contribution < 1.29 is 17.9 Å². The van der Waals surface area contributed by atoms with Gasteiger partial charge in [0.2, 0.25) is 19.3 Å². The van der Waals surface area contributed by atoms with Gasteiger partial charge in [-0.05, 0) is 23.8 Å². The normalized spacial score (nSPS) is 11.6. The van der Waals surface area contributed by atoms with Crippen LogP contribution < -0.4 is 10.1 Å². The highest BCUT2D eigenvalue weighted by Crippen LogP contribution is 2.21. The summed E-state index contributed by atoms with van der Waals surface area (Å²) in [5.74, 6) is -0.162. The molecule has 1 aromatic heterocycles. The number of carbonyl (C=O) groups excluding carboxylic acids is 1. The first-order valence-electron chi connectivity index (χ1n) is 7.03. The summed E-state index contributed by atoms with van der Waals surface area (Å²) in [5, 5.41) is 18.7. The van der Waals surface area contributed by atoms with E-state index in [9.17, 15) is 18.5 Å². The van der Waals surface area contributed by atoms with E-state index in [1.54, 1.807) is 30.3 Å². The van der Waals surface area contributed by atoms with Gasteiger partial charge in [-0.1, -0.05) is 30.4 Å². The molecule has 0 aliphatic heterocycles. The number of sulfone groups is 1. The smallest absolute Gasteiger partial charge is 0.268 e. The van der Waals surface area contributed by atoms with Crippen LogP contribution in [-0.4, -0.2) is 37.4 Å². The summed E-state index contributed by atoms with van der Waals surface area (Å²) in [6.07, 6.45) is 1.40. The molecule has 0 aliphatic rings. The number of hydrogen-bond donors (Lipinski definition) is 1. The molecule has 1 aromatic carbocycles. The molecule has 2 rings (SSSR count). The van der Waals surface area contributed by atoms with Gasteiger partial charge >= 0.3 is 0 Å². The minimum Gasteiger partial charge on any atom is -0.497 e. The van der Waals surface area contributed by atoms with Crippen molar-refractivity contribution in [2.75, 3.05) is 18.2 Å². The lowest BCUT2D eigenvalue weighted by Gasteiger charge is -2.01. The molecule has 1 N–H and O–H groups in total. The number of anilines is 1. The third-order valence-electron chi connectivity index (χ3n) is 3.06. The Morgan fingerprint density at radius 3 is 2.60 bits per heavy atom. The Morgan fingerprint density at radius 1 is 1.36 bits per heavy atom. The van der Waals surface area contributed by atoms with Gasteiger partial charge in [0.1, 0.15) is 17.4 Å². The number of nitrogens with one attached hydrogen (secondary N) is 1. The highest BCUT2D eigenvalue weighted by atomic mass is 32.2. The van der Waals surface area contributed by atoms with Gasteiger partial charge in [-0.2, -0.15) is 5.26 Å². The Hall–Kier alpha value is -2.77.